The normalized spacial score (nSPS) is 26.3. The number of amides is 1. The van der Waals surface area contributed by atoms with Gasteiger partial charge in [0.2, 0.25) is 13.3 Å². The van der Waals surface area contributed by atoms with Crippen LogP contribution in [0.2, 0.25) is 0 Å². The Balaban J connectivity index is 1.46. The summed E-state index contributed by atoms with van der Waals surface area (Å²) in [7, 11) is -1.10. The number of aromatic nitrogens is 2. The molecular weight excluding hydrogens is 606 g/mol. The zero-order chi connectivity index (χ0) is 32.5. The number of likely N-dealkylation sites (N-methyl/N-ethyl adjacent to an activating group) is 1. The van der Waals surface area contributed by atoms with E-state index in [1.165, 1.54) is 0 Å². The lowest BCUT2D eigenvalue weighted by Gasteiger charge is -2.39. The van der Waals surface area contributed by atoms with E-state index in [-0.39, 0.29) is 36.0 Å². The minimum Gasteiger partial charge on any atom is -0.393 e. The Kier molecular flexibility index (Phi) is 9.87. The molecule has 0 saturated heterocycles. The van der Waals surface area contributed by atoms with E-state index in [4.69, 9.17) is 4.52 Å². The van der Waals surface area contributed by atoms with E-state index in [1.807, 2.05) is 6.92 Å². The first-order valence-electron chi connectivity index (χ1n) is 15.6. The molecule has 1 saturated carbocycles. The highest BCUT2D eigenvalue weighted by Gasteiger charge is 2.45. The van der Waals surface area contributed by atoms with Gasteiger partial charge in [-0.2, -0.15) is 18.2 Å². The molecule has 2 aliphatic carbocycles. The minimum atomic E-state index is -4.76. The Bertz CT molecular complexity index is 1520. The van der Waals surface area contributed by atoms with Gasteiger partial charge in [-0.15, -0.1) is 0 Å². The number of nitrogens with one attached hydrogen (secondary N) is 1. The van der Waals surface area contributed by atoms with E-state index in [0.717, 1.165) is 24.0 Å². The van der Waals surface area contributed by atoms with Gasteiger partial charge in [-0.25, -0.2) is 9.98 Å². The van der Waals surface area contributed by atoms with Crippen LogP contribution in [-0.4, -0.2) is 64.1 Å². The Hall–Kier alpha value is -3.08. The molecule has 3 aliphatic rings. The summed E-state index contributed by atoms with van der Waals surface area (Å²) in [6.45, 7) is 6.46. The van der Waals surface area contributed by atoms with Gasteiger partial charge in [0.15, 0.2) is 5.82 Å². The molecule has 0 spiro atoms. The van der Waals surface area contributed by atoms with E-state index in [1.54, 1.807) is 43.1 Å². The first-order chi connectivity index (χ1) is 21.3. The summed E-state index contributed by atoms with van der Waals surface area (Å²) in [5, 5.41) is 13.0. The molecule has 2 heterocycles. The van der Waals surface area contributed by atoms with Gasteiger partial charge in [-0.1, -0.05) is 26.0 Å². The molecule has 0 bridgehead atoms. The van der Waals surface area contributed by atoms with Gasteiger partial charge >= 0.3 is 6.18 Å². The number of aliphatic imine (C=N–C) groups is 1. The van der Waals surface area contributed by atoms with E-state index >= 15 is 0 Å². The fourth-order valence-corrected chi connectivity index (χ4v) is 8.67. The Morgan fingerprint density at radius 2 is 1.84 bits per heavy atom. The summed E-state index contributed by atoms with van der Waals surface area (Å²) in [5.74, 6) is -0.403. The molecule has 9 nitrogen and oxygen atoms in total. The maximum atomic E-state index is 14.1. The number of alkyl halides is 3. The van der Waals surface area contributed by atoms with Crippen LogP contribution in [0.25, 0.3) is 0 Å². The van der Waals surface area contributed by atoms with Crippen LogP contribution in [0.5, 0.6) is 0 Å². The third-order valence-electron chi connectivity index (χ3n) is 9.15. The zero-order valence-corrected chi connectivity index (χ0v) is 27.0. The van der Waals surface area contributed by atoms with Crippen LogP contribution < -0.4 is 5.32 Å². The molecule has 3 atom stereocenters. The van der Waals surface area contributed by atoms with Gasteiger partial charge in [0.1, 0.15) is 5.56 Å². The van der Waals surface area contributed by atoms with Crippen LogP contribution in [-0.2, 0) is 26.2 Å². The minimum absolute atomic E-state index is 0.0556. The van der Waals surface area contributed by atoms with E-state index in [9.17, 15) is 27.6 Å². The first-order valence-corrected chi connectivity index (χ1v) is 17.6. The van der Waals surface area contributed by atoms with Crippen LogP contribution in [0.1, 0.15) is 64.0 Å². The average Bonchev–Trinajstić information content (AvgIpc) is 3.28. The van der Waals surface area contributed by atoms with Crippen molar-refractivity contribution in [2.24, 2.45) is 22.7 Å². The quantitative estimate of drug-likeness (QED) is 0.278. The molecule has 1 aliphatic heterocycles. The molecule has 244 valence electrons. The van der Waals surface area contributed by atoms with Gasteiger partial charge in [0.25, 0.3) is 5.91 Å². The molecule has 13 heteroatoms. The fourth-order valence-electron chi connectivity index (χ4n) is 6.94. The second kappa shape index (κ2) is 13.3. The highest BCUT2D eigenvalue weighted by molar-refractivity contribution is 7.58. The number of anilines is 2. The number of carbonyl (C=O) groups excluding carboxylic acids is 1. The van der Waals surface area contributed by atoms with Crippen molar-refractivity contribution in [3.8, 4) is 0 Å². The molecule has 45 heavy (non-hydrogen) atoms. The number of hydrogen-bond donors (Lipinski definition) is 2. The third-order valence-corrected chi connectivity index (χ3v) is 11.7. The van der Waals surface area contributed by atoms with E-state index in [0.29, 0.717) is 67.7 Å². The summed E-state index contributed by atoms with van der Waals surface area (Å²) in [6, 6.07) is 6.98. The molecule has 1 fully saturated rings. The molecule has 3 unspecified atom stereocenters. The number of halogens is 3. The predicted octanol–water partition coefficient (Wildman–Crippen LogP) is 7.12. The predicted molar refractivity (Wildman–Crippen MR) is 167 cm³/mol. The summed E-state index contributed by atoms with van der Waals surface area (Å²) in [6.07, 6.45) is -0.195. The van der Waals surface area contributed by atoms with Crippen LogP contribution in [0.15, 0.2) is 46.6 Å². The zero-order valence-electron chi connectivity index (χ0n) is 26.1. The molecule has 2 aromatic rings. The summed E-state index contributed by atoms with van der Waals surface area (Å²) in [5.41, 5.74) is 1.90. The van der Waals surface area contributed by atoms with Crippen molar-refractivity contribution >= 4 is 36.4 Å². The monoisotopic (exact) mass is 647 g/mol. The second-order valence-corrected chi connectivity index (χ2v) is 15.2. The number of benzene rings is 1. The van der Waals surface area contributed by atoms with Gasteiger partial charge in [-0.3, -0.25) is 9.36 Å². The van der Waals surface area contributed by atoms with E-state index in [2.05, 4.69) is 27.2 Å². The topological polar surface area (TPSA) is 117 Å². The Labute approximate surface area is 261 Å². The summed E-state index contributed by atoms with van der Waals surface area (Å²) >= 11 is 0. The molecule has 2 N–H and O–H groups in total. The number of hydrogen-bond acceptors (Lipinski definition) is 8. The second-order valence-electron chi connectivity index (χ2n) is 12.4. The number of rotatable bonds is 9. The van der Waals surface area contributed by atoms with Crippen molar-refractivity contribution in [2.75, 3.05) is 31.7 Å². The highest BCUT2D eigenvalue weighted by atomic mass is 31.2. The van der Waals surface area contributed by atoms with Crippen molar-refractivity contribution in [3.63, 3.8) is 0 Å². The largest absolute Gasteiger partial charge is 0.421 e. The molecule has 1 aromatic carbocycles. The van der Waals surface area contributed by atoms with Crippen LogP contribution in [0, 0.1) is 17.8 Å². The average molecular weight is 648 g/mol. The Morgan fingerprint density at radius 3 is 2.47 bits per heavy atom. The molecule has 5 rings (SSSR count). The maximum Gasteiger partial charge on any atom is 0.421 e. The van der Waals surface area contributed by atoms with Crippen LogP contribution in [0.3, 0.4) is 0 Å². The number of nitrogens with zero attached hydrogens (tertiary/aromatic N) is 4. The molecule has 1 aromatic heterocycles. The first kappa shape index (κ1) is 33.3. The SMILES string of the molecule is CCOP(=O)(CC)Cc1ccc(Nc2ncc(C(F)(F)F)c(N=C3CC(C)C(C4CCC(O)CC4)C4=C3C(=O)N(C)C4)n2)cc1. The number of aliphatic hydroxyl groups excluding tert-OH is 1. The Morgan fingerprint density at radius 1 is 1.16 bits per heavy atom. The van der Waals surface area contributed by atoms with Gasteiger partial charge in [0.05, 0.1) is 24.0 Å². The van der Waals surface area contributed by atoms with Crippen molar-refractivity contribution in [1.29, 1.82) is 0 Å². The number of carbonyl (C=O) groups is 1. The van der Waals surface area contributed by atoms with Crippen molar-refractivity contribution in [3.05, 3.63) is 52.7 Å². The van der Waals surface area contributed by atoms with Crippen molar-refractivity contribution in [1.82, 2.24) is 14.9 Å². The van der Waals surface area contributed by atoms with Crippen LogP contribution >= 0.6 is 7.37 Å². The van der Waals surface area contributed by atoms with E-state index < -0.39 is 24.9 Å². The fraction of sp³-hybridized carbons (Fsp3) is 0.562. The van der Waals surface area contributed by atoms with Gasteiger partial charge in [-0.05, 0) is 80.1 Å². The standard InChI is InChI=1S/C32H41F3N5O4P/c1-5-44-45(43,6-2)18-20-7-11-22(12-8-20)37-31-36-16-25(32(33,34)35)29(39-31)38-26-15-19(3)27(21-9-13-23(41)14-10-21)24-17-40(4)30(42)28(24)26/h7-8,11-12,16,19,21,23,27,41H,5-6,9-10,13-15,17-18H2,1-4H3,(H,36,37,39). The van der Waals surface area contributed by atoms with Gasteiger partial charge in [0, 0.05) is 37.8 Å². The summed E-state index contributed by atoms with van der Waals surface area (Å²) < 4.78 is 60.8. The lowest BCUT2D eigenvalue weighted by Crippen LogP contribution is -2.35. The molecule has 0 radical (unpaired) electrons. The smallest absolute Gasteiger partial charge is 0.393 e. The highest BCUT2D eigenvalue weighted by Crippen LogP contribution is 2.50. The molecular formula is C32H41F3N5O4P. The van der Waals surface area contributed by atoms with Crippen molar-refractivity contribution in [2.45, 2.75) is 71.3 Å². The van der Waals surface area contributed by atoms with Crippen molar-refractivity contribution < 1.29 is 32.2 Å². The maximum absolute atomic E-state index is 14.1. The lowest BCUT2D eigenvalue weighted by atomic mass is 9.65. The van der Waals surface area contributed by atoms with Crippen LogP contribution in [0.4, 0.5) is 30.6 Å². The summed E-state index contributed by atoms with van der Waals surface area (Å²) in [4.78, 5) is 27.5. The third kappa shape index (κ3) is 7.34. The number of aliphatic hydroxyl groups is 1. The van der Waals surface area contributed by atoms with Gasteiger partial charge < -0.3 is 19.8 Å². The lowest BCUT2D eigenvalue weighted by molar-refractivity contribution is -0.137. The molecule has 1 amide bonds.